The molecule has 140 valence electrons. The van der Waals surface area contributed by atoms with E-state index in [9.17, 15) is 4.79 Å². The van der Waals surface area contributed by atoms with Crippen molar-refractivity contribution in [1.29, 1.82) is 0 Å². The average molecular weight is 401 g/mol. The van der Waals surface area contributed by atoms with Crippen LogP contribution in [0.2, 0.25) is 0 Å². The number of hydrogen-bond donors (Lipinski definition) is 0. The van der Waals surface area contributed by atoms with Gasteiger partial charge in [0.2, 0.25) is 5.91 Å². The summed E-state index contributed by atoms with van der Waals surface area (Å²) in [6, 6.07) is 11.8. The first-order chi connectivity index (χ1) is 13.1. The summed E-state index contributed by atoms with van der Waals surface area (Å²) >= 11 is 3.23. The highest BCUT2D eigenvalue weighted by molar-refractivity contribution is 8.00. The Morgan fingerprint density at radius 3 is 2.96 bits per heavy atom. The molecule has 1 unspecified atom stereocenters. The molecule has 8 heteroatoms. The zero-order chi connectivity index (χ0) is 18.8. The minimum absolute atomic E-state index is 0.0877. The molecule has 1 amide bonds. The summed E-state index contributed by atoms with van der Waals surface area (Å²) in [5.41, 5.74) is 1.01. The van der Waals surface area contributed by atoms with Crippen molar-refractivity contribution in [2.24, 2.45) is 7.05 Å². The monoisotopic (exact) mass is 400 g/mol. The second-order valence-electron chi connectivity index (χ2n) is 6.36. The molecule has 6 nitrogen and oxygen atoms in total. The number of aromatic nitrogens is 3. The fourth-order valence-corrected chi connectivity index (χ4v) is 4.91. The number of nitrogens with zero attached hydrogens (tertiary/aromatic N) is 4. The first-order valence-electron chi connectivity index (χ1n) is 8.75. The number of fused-ring (bicyclic) bond motifs is 1. The van der Waals surface area contributed by atoms with Crippen molar-refractivity contribution < 1.29 is 9.21 Å². The molecular weight excluding hydrogens is 380 g/mol. The quantitative estimate of drug-likeness (QED) is 0.615. The van der Waals surface area contributed by atoms with Gasteiger partial charge in [-0.25, -0.2) is 0 Å². The summed E-state index contributed by atoms with van der Waals surface area (Å²) < 4.78 is 7.24. The van der Waals surface area contributed by atoms with Crippen molar-refractivity contribution >= 4 is 35.1 Å². The van der Waals surface area contributed by atoms with Crippen LogP contribution in [0.3, 0.4) is 0 Å². The molecule has 2 aromatic heterocycles. The lowest BCUT2D eigenvalue weighted by Gasteiger charge is -2.22. The summed E-state index contributed by atoms with van der Waals surface area (Å²) in [7, 11) is 1.88. The molecule has 0 aliphatic carbocycles. The van der Waals surface area contributed by atoms with Crippen LogP contribution in [-0.2, 0) is 11.8 Å². The summed E-state index contributed by atoms with van der Waals surface area (Å²) in [6.45, 7) is 2.95. The Hall–Kier alpha value is -2.19. The van der Waals surface area contributed by atoms with E-state index in [0.29, 0.717) is 27.7 Å². The highest BCUT2D eigenvalue weighted by Crippen LogP contribution is 2.37. The van der Waals surface area contributed by atoms with E-state index in [-0.39, 0.29) is 5.91 Å². The molecule has 0 bridgehead atoms. The van der Waals surface area contributed by atoms with E-state index in [1.54, 1.807) is 6.26 Å². The summed E-state index contributed by atoms with van der Waals surface area (Å²) in [4.78, 5) is 16.0. The predicted molar refractivity (Wildman–Crippen MR) is 108 cm³/mol. The van der Waals surface area contributed by atoms with Crippen molar-refractivity contribution in [3.05, 3.63) is 42.7 Å². The van der Waals surface area contributed by atoms with Gasteiger partial charge in [0.15, 0.2) is 16.7 Å². The van der Waals surface area contributed by atoms with Gasteiger partial charge in [0, 0.05) is 23.7 Å². The molecule has 3 heterocycles. The zero-order valence-electron chi connectivity index (χ0n) is 15.2. The van der Waals surface area contributed by atoms with Crippen LogP contribution < -0.4 is 4.90 Å². The SMILES string of the molecule is CC1CCN(C(=O)CSc2nnc(-c3ccco3)n2C)c2ccccc2S1. The zero-order valence-corrected chi connectivity index (χ0v) is 16.8. The van der Waals surface area contributed by atoms with Gasteiger partial charge in [0.05, 0.1) is 17.7 Å². The van der Waals surface area contributed by atoms with Gasteiger partial charge in [-0.1, -0.05) is 30.8 Å². The second kappa shape index (κ2) is 7.82. The molecule has 1 aromatic carbocycles. The van der Waals surface area contributed by atoms with Crippen molar-refractivity contribution in [2.45, 2.75) is 28.6 Å². The van der Waals surface area contributed by atoms with Crippen molar-refractivity contribution in [1.82, 2.24) is 14.8 Å². The topological polar surface area (TPSA) is 64.2 Å². The average Bonchev–Trinajstić information content (AvgIpc) is 3.27. The van der Waals surface area contributed by atoms with Crippen LogP contribution in [0, 0.1) is 0 Å². The van der Waals surface area contributed by atoms with Crippen LogP contribution in [0.5, 0.6) is 0 Å². The van der Waals surface area contributed by atoms with Crippen molar-refractivity contribution in [3.8, 4) is 11.6 Å². The third kappa shape index (κ3) is 3.77. The molecule has 3 aromatic rings. The minimum Gasteiger partial charge on any atom is -0.461 e. The normalized spacial score (nSPS) is 16.8. The lowest BCUT2D eigenvalue weighted by atomic mass is 10.2. The molecule has 0 N–H and O–H groups in total. The lowest BCUT2D eigenvalue weighted by molar-refractivity contribution is -0.116. The Morgan fingerprint density at radius 2 is 2.15 bits per heavy atom. The Kier molecular flexibility index (Phi) is 5.27. The van der Waals surface area contributed by atoms with Gasteiger partial charge in [0.1, 0.15) is 0 Å². The van der Waals surface area contributed by atoms with Crippen molar-refractivity contribution in [2.75, 3.05) is 17.2 Å². The van der Waals surface area contributed by atoms with E-state index >= 15 is 0 Å². The van der Waals surface area contributed by atoms with Gasteiger partial charge < -0.3 is 13.9 Å². The van der Waals surface area contributed by atoms with E-state index in [0.717, 1.165) is 18.7 Å². The number of carbonyl (C=O) groups is 1. The number of hydrogen-bond acceptors (Lipinski definition) is 6. The van der Waals surface area contributed by atoms with Gasteiger partial charge >= 0.3 is 0 Å². The van der Waals surface area contributed by atoms with Gasteiger partial charge in [0.25, 0.3) is 0 Å². The molecule has 1 aliphatic rings. The molecule has 0 saturated heterocycles. The highest BCUT2D eigenvalue weighted by Gasteiger charge is 2.24. The van der Waals surface area contributed by atoms with Crippen LogP contribution in [-0.4, -0.2) is 38.2 Å². The standard InChI is InChI=1S/C19H20N4O2S2/c1-13-9-10-23(14-6-3-4-8-16(14)27-13)17(24)12-26-19-21-20-18(22(19)2)15-7-5-11-25-15/h3-8,11,13H,9-10,12H2,1-2H3. The molecule has 27 heavy (non-hydrogen) atoms. The van der Waals surface area contributed by atoms with Crippen LogP contribution in [0.15, 0.2) is 57.1 Å². The number of carbonyl (C=O) groups excluding carboxylic acids is 1. The number of para-hydroxylation sites is 1. The maximum atomic E-state index is 13.0. The van der Waals surface area contributed by atoms with Gasteiger partial charge in [-0.2, -0.15) is 0 Å². The van der Waals surface area contributed by atoms with Crippen LogP contribution in [0.4, 0.5) is 5.69 Å². The van der Waals surface area contributed by atoms with Gasteiger partial charge in [-0.15, -0.1) is 22.0 Å². The summed E-state index contributed by atoms with van der Waals surface area (Å²) in [5, 5.41) is 9.57. The smallest absolute Gasteiger partial charge is 0.237 e. The second-order valence-corrected chi connectivity index (χ2v) is 8.78. The fourth-order valence-electron chi connectivity index (χ4n) is 3.01. The van der Waals surface area contributed by atoms with Crippen molar-refractivity contribution in [3.63, 3.8) is 0 Å². The molecular formula is C19H20N4O2S2. The number of amides is 1. The number of anilines is 1. The van der Waals surface area contributed by atoms with E-state index in [2.05, 4.69) is 23.2 Å². The summed E-state index contributed by atoms with van der Waals surface area (Å²) in [5.74, 6) is 1.72. The lowest BCUT2D eigenvalue weighted by Crippen LogP contribution is -2.33. The highest BCUT2D eigenvalue weighted by atomic mass is 32.2. The van der Waals surface area contributed by atoms with Crippen LogP contribution in [0.1, 0.15) is 13.3 Å². The molecule has 0 spiro atoms. The van der Waals surface area contributed by atoms with E-state index in [4.69, 9.17) is 4.42 Å². The van der Waals surface area contributed by atoms with E-state index < -0.39 is 0 Å². The van der Waals surface area contributed by atoms with E-state index in [1.165, 1.54) is 16.7 Å². The number of furan rings is 1. The Labute approximate surface area is 166 Å². The summed E-state index contributed by atoms with van der Waals surface area (Å²) in [6.07, 6.45) is 2.58. The maximum Gasteiger partial charge on any atom is 0.237 e. The molecule has 1 aliphatic heterocycles. The van der Waals surface area contributed by atoms with E-state index in [1.807, 2.05) is 58.6 Å². The van der Waals surface area contributed by atoms with Crippen LogP contribution in [0.25, 0.3) is 11.6 Å². The van der Waals surface area contributed by atoms with Gasteiger partial charge in [-0.3, -0.25) is 4.79 Å². The third-order valence-electron chi connectivity index (χ3n) is 4.45. The fraction of sp³-hybridized carbons (Fsp3) is 0.316. The maximum absolute atomic E-state index is 13.0. The van der Waals surface area contributed by atoms with Crippen LogP contribution >= 0.6 is 23.5 Å². The minimum atomic E-state index is 0.0877. The first kappa shape index (κ1) is 18.2. The molecule has 0 saturated carbocycles. The molecule has 1 atom stereocenters. The number of benzene rings is 1. The number of thioether (sulfide) groups is 2. The first-order valence-corrected chi connectivity index (χ1v) is 10.6. The molecule has 0 fully saturated rings. The molecule has 0 radical (unpaired) electrons. The number of rotatable bonds is 4. The Bertz CT molecular complexity index is 939. The largest absolute Gasteiger partial charge is 0.461 e. The predicted octanol–water partition coefficient (Wildman–Crippen LogP) is 4.08. The third-order valence-corrected chi connectivity index (χ3v) is 6.69. The molecule has 4 rings (SSSR count). The van der Waals surface area contributed by atoms with Gasteiger partial charge in [-0.05, 0) is 30.7 Å². The Balaban J connectivity index is 1.49. The Morgan fingerprint density at radius 1 is 1.30 bits per heavy atom.